The summed E-state index contributed by atoms with van der Waals surface area (Å²) < 4.78 is 1.16. The van der Waals surface area contributed by atoms with Gasteiger partial charge in [-0.2, -0.15) is 0 Å². The molecule has 2 heterocycles. The summed E-state index contributed by atoms with van der Waals surface area (Å²) >= 11 is 3.19. The second-order valence-electron chi connectivity index (χ2n) is 5.65. The van der Waals surface area contributed by atoms with Crippen LogP contribution >= 0.6 is 22.7 Å². The van der Waals surface area contributed by atoms with Gasteiger partial charge in [-0.3, -0.25) is 9.59 Å². The molecule has 3 aromatic rings. The summed E-state index contributed by atoms with van der Waals surface area (Å²) in [5.74, 6) is -0.214. The topological polar surface area (TPSA) is 71.1 Å². The number of thiophene rings is 1. The third-order valence-electron chi connectivity index (χ3n) is 3.65. The lowest BCUT2D eigenvalue weighted by molar-refractivity contribution is -0.122. The molecule has 0 spiro atoms. The van der Waals surface area contributed by atoms with Crippen molar-refractivity contribution in [1.29, 1.82) is 0 Å². The second-order valence-corrected chi connectivity index (χ2v) is 7.74. The van der Waals surface area contributed by atoms with E-state index in [4.69, 9.17) is 0 Å². The SMILES string of the molecule is CC(=O)NC(CC(=O)NCCc1nc2ccccc2s1)c1cccs1. The monoisotopic (exact) mass is 373 g/mol. The van der Waals surface area contributed by atoms with Gasteiger partial charge >= 0.3 is 0 Å². The molecule has 0 saturated carbocycles. The lowest BCUT2D eigenvalue weighted by atomic mass is 10.1. The van der Waals surface area contributed by atoms with Gasteiger partial charge in [-0.05, 0) is 23.6 Å². The number of hydrogen-bond donors (Lipinski definition) is 2. The van der Waals surface area contributed by atoms with Crippen LogP contribution in [0.2, 0.25) is 0 Å². The summed E-state index contributed by atoms with van der Waals surface area (Å²) in [7, 11) is 0. The van der Waals surface area contributed by atoms with Gasteiger partial charge in [0.15, 0.2) is 0 Å². The summed E-state index contributed by atoms with van der Waals surface area (Å²) in [4.78, 5) is 29.1. The molecule has 2 aromatic heterocycles. The zero-order valence-electron chi connectivity index (χ0n) is 13.8. The van der Waals surface area contributed by atoms with Gasteiger partial charge < -0.3 is 10.6 Å². The van der Waals surface area contributed by atoms with Crippen LogP contribution in [0.15, 0.2) is 41.8 Å². The Hall–Kier alpha value is -2.25. The summed E-state index contributed by atoms with van der Waals surface area (Å²) in [6.45, 7) is 2.00. The van der Waals surface area contributed by atoms with Crippen LogP contribution in [0, 0.1) is 0 Å². The van der Waals surface area contributed by atoms with Crippen molar-refractivity contribution in [1.82, 2.24) is 15.6 Å². The van der Waals surface area contributed by atoms with Crippen molar-refractivity contribution in [2.75, 3.05) is 6.54 Å². The Kier molecular flexibility index (Phi) is 5.78. The molecule has 130 valence electrons. The number of rotatable bonds is 7. The van der Waals surface area contributed by atoms with E-state index in [1.807, 2.05) is 41.8 Å². The van der Waals surface area contributed by atoms with Gasteiger partial charge in [0, 0.05) is 24.8 Å². The van der Waals surface area contributed by atoms with Crippen LogP contribution < -0.4 is 10.6 Å². The number of carbonyl (C=O) groups excluding carboxylic acids is 2. The molecule has 0 aliphatic rings. The van der Waals surface area contributed by atoms with Gasteiger partial charge in [-0.25, -0.2) is 4.98 Å². The molecular weight excluding hydrogens is 354 g/mol. The van der Waals surface area contributed by atoms with E-state index in [-0.39, 0.29) is 24.3 Å². The Morgan fingerprint density at radius 3 is 2.76 bits per heavy atom. The number of amides is 2. The molecule has 0 radical (unpaired) electrons. The molecule has 0 bridgehead atoms. The minimum atomic E-state index is -0.278. The Morgan fingerprint density at radius 1 is 1.20 bits per heavy atom. The Morgan fingerprint density at radius 2 is 2.04 bits per heavy atom. The molecule has 7 heteroatoms. The zero-order valence-corrected chi connectivity index (χ0v) is 15.5. The predicted molar refractivity (Wildman–Crippen MR) is 102 cm³/mol. The fourth-order valence-corrected chi connectivity index (χ4v) is 4.30. The fourth-order valence-electron chi connectivity index (χ4n) is 2.55. The molecule has 2 N–H and O–H groups in total. The van der Waals surface area contributed by atoms with Gasteiger partial charge in [0.1, 0.15) is 0 Å². The summed E-state index contributed by atoms with van der Waals surface area (Å²) in [6.07, 6.45) is 0.939. The van der Waals surface area contributed by atoms with Gasteiger partial charge in [-0.1, -0.05) is 18.2 Å². The summed E-state index contributed by atoms with van der Waals surface area (Å²) in [5, 5.41) is 8.71. The molecule has 0 fully saturated rings. The molecule has 1 unspecified atom stereocenters. The molecule has 25 heavy (non-hydrogen) atoms. The van der Waals surface area contributed by atoms with Gasteiger partial charge in [0.25, 0.3) is 0 Å². The molecule has 2 amide bonds. The molecule has 0 saturated heterocycles. The minimum absolute atomic E-state index is 0.0757. The van der Waals surface area contributed by atoms with Crippen molar-refractivity contribution >= 4 is 44.7 Å². The number of nitrogens with one attached hydrogen (secondary N) is 2. The first kappa shape index (κ1) is 17.6. The number of benzene rings is 1. The van der Waals surface area contributed by atoms with E-state index in [0.717, 1.165) is 20.1 Å². The molecule has 0 aliphatic carbocycles. The average Bonchev–Trinajstić information content (AvgIpc) is 3.23. The van der Waals surface area contributed by atoms with Crippen LogP contribution in [-0.2, 0) is 16.0 Å². The highest BCUT2D eigenvalue weighted by Gasteiger charge is 2.17. The Bertz CT molecular complexity index is 825. The third kappa shape index (κ3) is 4.87. The van der Waals surface area contributed by atoms with E-state index in [1.54, 1.807) is 11.3 Å². The van der Waals surface area contributed by atoms with Crippen molar-refractivity contribution < 1.29 is 9.59 Å². The highest BCUT2D eigenvalue weighted by atomic mass is 32.1. The predicted octanol–water partition coefficient (Wildman–Crippen LogP) is 3.28. The van der Waals surface area contributed by atoms with E-state index in [0.29, 0.717) is 13.0 Å². The minimum Gasteiger partial charge on any atom is -0.356 e. The lowest BCUT2D eigenvalue weighted by Crippen LogP contribution is -2.33. The number of nitrogens with zero attached hydrogens (tertiary/aromatic N) is 1. The smallest absolute Gasteiger partial charge is 0.222 e. The van der Waals surface area contributed by atoms with Crippen LogP contribution in [-0.4, -0.2) is 23.3 Å². The number of aromatic nitrogens is 1. The largest absolute Gasteiger partial charge is 0.356 e. The maximum Gasteiger partial charge on any atom is 0.222 e. The quantitative estimate of drug-likeness (QED) is 0.668. The highest BCUT2D eigenvalue weighted by molar-refractivity contribution is 7.18. The van der Waals surface area contributed by atoms with E-state index >= 15 is 0 Å². The Labute approximate surface area is 154 Å². The van der Waals surface area contributed by atoms with Crippen LogP contribution in [0.4, 0.5) is 0 Å². The maximum absolute atomic E-state index is 12.2. The molecule has 5 nitrogen and oxygen atoms in total. The first-order valence-electron chi connectivity index (χ1n) is 8.03. The van der Waals surface area contributed by atoms with Gasteiger partial charge in [-0.15, -0.1) is 22.7 Å². The van der Waals surface area contributed by atoms with E-state index < -0.39 is 0 Å². The maximum atomic E-state index is 12.2. The van der Waals surface area contributed by atoms with Crippen LogP contribution in [0.25, 0.3) is 10.2 Å². The normalized spacial score (nSPS) is 12.0. The number of fused-ring (bicyclic) bond motifs is 1. The van der Waals surface area contributed by atoms with Gasteiger partial charge in [0.2, 0.25) is 11.8 Å². The highest BCUT2D eigenvalue weighted by Crippen LogP contribution is 2.23. The van der Waals surface area contributed by atoms with Crippen molar-refractivity contribution in [3.8, 4) is 0 Å². The van der Waals surface area contributed by atoms with Crippen LogP contribution in [0.3, 0.4) is 0 Å². The summed E-state index contributed by atoms with van der Waals surface area (Å²) in [6, 6.07) is 11.6. The van der Waals surface area contributed by atoms with E-state index in [9.17, 15) is 9.59 Å². The van der Waals surface area contributed by atoms with E-state index in [1.165, 1.54) is 18.3 Å². The second kappa shape index (κ2) is 8.22. The van der Waals surface area contributed by atoms with Crippen molar-refractivity contribution in [2.45, 2.75) is 25.8 Å². The zero-order chi connectivity index (χ0) is 17.6. The third-order valence-corrected chi connectivity index (χ3v) is 5.74. The van der Waals surface area contributed by atoms with Crippen molar-refractivity contribution in [3.05, 3.63) is 51.7 Å². The first-order valence-corrected chi connectivity index (χ1v) is 9.73. The van der Waals surface area contributed by atoms with Crippen LogP contribution in [0.1, 0.15) is 29.3 Å². The standard InChI is InChI=1S/C18H19N3O2S2/c1-12(22)20-14(15-7-4-10-24-15)11-17(23)19-9-8-18-21-13-5-2-3-6-16(13)25-18/h2-7,10,14H,8-9,11H2,1H3,(H,19,23)(H,20,22). The van der Waals surface area contributed by atoms with Crippen LogP contribution in [0.5, 0.6) is 0 Å². The molecule has 1 atom stereocenters. The number of hydrogen-bond acceptors (Lipinski definition) is 5. The molecule has 0 aliphatic heterocycles. The van der Waals surface area contributed by atoms with Crippen molar-refractivity contribution in [3.63, 3.8) is 0 Å². The molecule has 3 rings (SSSR count). The summed E-state index contributed by atoms with van der Waals surface area (Å²) in [5.41, 5.74) is 0.997. The van der Waals surface area contributed by atoms with Crippen molar-refractivity contribution in [2.24, 2.45) is 0 Å². The first-order chi connectivity index (χ1) is 12.1. The Balaban J connectivity index is 1.52. The molecular formula is C18H19N3O2S2. The number of thiazole rings is 1. The van der Waals surface area contributed by atoms with Gasteiger partial charge in [0.05, 0.1) is 27.7 Å². The average molecular weight is 374 g/mol. The van der Waals surface area contributed by atoms with E-state index in [2.05, 4.69) is 15.6 Å². The number of para-hydroxylation sites is 1. The fraction of sp³-hybridized carbons (Fsp3) is 0.278. The lowest BCUT2D eigenvalue weighted by Gasteiger charge is -2.16. The number of carbonyl (C=O) groups is 2. The molecule has 1 aromatic carbocycles.